The summed E-state index contributed by atoms with van der Waals surface area (Å²) >= 11 is 0. The predicted octanol–water partition coefficient (Wildman–Crippen LogP) is 1.88. The highest BCUT2D eigenvalue weighted by Crippen LogP contribution is 1.93. The van der Waals surface area contributed by atoms with Crippen LogP contribution in [0.15, 0.2) is 0 Å². The molecule has 0 fully saturated rings. The Kier molecular flexibility index (Phi) is 14.8. The molecule has 0 unspecified atom stereocenters. The van der Waals surface area contributed by atoms with Crippen molar-refractivity contribution in [1.29, 1.82) is 0 Å². The van der Waals surface area contributed by atoms with Gasteiger partial charge in [-0.1, -0.05) is 26.7 Å². The molecule has 4 heteroatoms. The van der Waals surface area contributed by atoms with Crippen LogP contribution >= 0.6 is 0 Å². The molecule has 0 amide bonds. The zero-order valence-corrected chi connectivity index (χ0v) is 12.3. The molecule has 0 spiro atoms. The molecule has 0 atom stereocenters. The van der Waals surface area contributed by atoms with Crippen LogP contribution in [0.1, 0.15) is 39.5 Å². The van der Waals surface area contributed by atoms with E-state index in [9.17, 15) is 0 Å². The summed E-state index contributed by atoms with van der Waals surface area (Å²) in [4.78, 5) is 2.32. The Morgan fingerprint density at radius 3 is 1.67 bits per heavy atom. The number of hydrogen-bond donors (Lipinski definition) is 1. The summed E-state index contributed by atoms with van der Waals surface area (Å²) in [6.07, 6.45) is 4.68. The second kappa shape index (κ2) is 14.9. The third-order valence-electron chi connectivity index (χ3n) is 2.83. The van der Waals surface area contributed by atoms with Crippen LogP contribution in [0.5, 0.6) is 0 Å². The van der Waals surface area contributed by atoms with Crippen LogP contribution < -0.4 is 5.73 Å². The highest BCUT2D eigenvalue weighted by Gasteiger charge is 2.03. The Balaban J connectivity index is 3.45. The van der Waals surface area contributed by atoms with Crippen LogP contribution in [0, 0.1) is 0 Å². The molecule has 0 aliphatic rings. The summed E-state index contributed by atoms with van der Waals surface area (Å²) in [5.74, 6) is 0. The first kappa shape index (κ1) is 17.8. The molecule has 0 aliphatic carbocycles. The van der Waals surface area contributed by atoms with Gasteiger partial charge >= 0.3 is 0 Å². The molecule has 4 nitrogen and oxygen atoms in total. The van der Waals surface area contributed by atoms with Gasteiger partial charge in [0.25, 0.3) is 0 Å². The maximum atomic E-state index is 5.61. The van der Waals surface area contributed by atoms with Crippen molar-refractivity contribution in [2.45, 2.75) is 39.5 Å². The molecule has 2 N–H and O–H groups in total. The van der Waals surface area contributed by atoms with Crippen LogP contribution in [0.4, 0.5) is 0 Å². The minimum Gasteiger partial charge on any atom is -0.380 e. The Morgan fingerprint density at radius 2 is 1.28 bits per heavy atom. The van der Waals surface area contributed by atoms with Crippen LogP contribution in [0.2, 0.25) is 0 Å². The molecule has 110 valence electrons. The summed E-state index contributed by atoms with van der Waals surface area (Å²) < 4.78 is 11.1. The van der Waals surface area contributed by atoms with Crippen molar-refractivity contribution in [2.75, 3.05) is 52.6 Å². The lowest BCUT2D eigenvalue weighted by atomic mass is 10.4. The van der Waals surface area contributed by atoms with E-state index in [1.165, 1.54) is 12.8 Å². The van der Waals surface area contributed by atoms with Gasteiger partial charge < -0.3 is 15.2 Å². The first-order valence-corrected chi connectivity index (χ1v) is 7.43. The molecular weight excluding hydrogens is 228 g/mol. The van der Waals surface area contributed by atoms with Crippen LogP contribution in [-0.4, -0.2) is 57.5 Å². The molecule has 0 saturated carbocycles. The molecule has 0 aromatic rings. The SMILES string of the molecule is CCCCOCCN(CCN)CCOCCCC. The summed E-state index contributed by atoms with van der Waals surface area (Å²) in [5.41, 5.74) is 5.61. The molecule has 0 aromatic heterocycles. The van der Waals surface area contributed by atoms with E-state index in [-0.39, 0.29) is 0 Å². The fourth-order valence-electron chi connectivity index (χ4n) is 1.60. The first-order chi connectivity index (χ1) is 8.85. The van der Waals surface area contributed by atoms with Crippen molar-refractivity contribution < 1.29 is 9.47 Å². The average molecular weight is 260 g/mol. The summed E-state index contributed by atoms with van der Waals surface area (Å²) in [7, 11) is 0. The Hall–Kier alpha value is -0.160. The van der Waals surface area contributed by atoms with E-state index in [2.05, 4.69) is 18.7 Å². The maximum Gasteiger partial charge on any atom is 0.0593 e. The van der Waals surface area contributed by atoms with Gasteiger partial charge in [0.2, 0.25) is 0 Å². The van der Waals surface area contributed by atoms with Gasteiger partial charge in [0, 0.05) is 39.4 Å². The average Bonchev–Trinajstić information content (AvgIpc) is 2.38. The Bertz CT molecular complexity index is 143. The fourth-order valence-corrected chi connectivity index (χ4v) is 1.60. The van der Waals surface area contributed by atoms with E-state index in [1.807, 2.05) is 0 Å². The van der Waals surface area contributed by atoms with Crippen LogP contribution in [-0.2, 0) is 9.47 Å². The molecule has 0 rings (SSSR count). The summed E-state index contributed by atoms with van der Waals surface area (Å²) in [5, 5.41) is 0. The van der Waals surface area contributed by atoms with Gasteiger partial charge in [-0.2, -0.15) is 0 Å². The van der Waals surface area contributed by atoms with Gasteiger partial charge in [-0.3, -0.25) is 4.90 Å². The predicted molar refractivity (Wildman–Crippen MR) is 76.9 cm³/mol. The molecular formula is C14H32N2O2. The lowest BCUT2D eigenvalue weighted by Gasteiger charge is -2.21. The van der Waals surface area contributed by atoms with Gasteiger partial charge in [-0.05, 0) is 12.8 Å². The normalized spacial score (nSPS) is 11.3. The standard InChI is InChI=1S/C14H32N2O2/c1-3-5-11-17-13-9-16(8-7-15)10-14-18-12-6-4-2/h3-15H2,1-2H3. The topological polar surface area (TPSA) is 47.7 Å². The van der Waals surface area contributed by atoms with Crippen molar-refractivity contribution in [3.8, 4) is 0 Å². The molecule has 0 heterocycles. The zero-order valence-electron chi connectivity index (χ0n) is 12.3. The number of unbranched alkanes of at least 4 members (excludes halogenated alkanes) is 2. The minimum absolute atomic E-state index is 0.698. The highest BCUT2D eigenvalue weighted by molar-refractivity contribution is 4.57. The van der Waals surface area contributed by atoms with E-state index < -0.39 is 0 Å². The van der Waals surface area contributed by atoms with E-state index >= 15 is 0 Å². The molecule has 0 bridgehead atoms. The monoisotopic (exact) mass is 260 g/mol. The third-order valence-corrected chi connectivity index (χ3v) is 2.83. The van der Waals surface area contributed by atoms with Gasteiger partial charge in [0.15, 0.2) is 0 Å². The van der Waals surface area contributed by atoms with E-state index in [1.54, 1.807) is 0 Å². The summed E-state index contributed by atoms with van der Waals surface area (Å²) in [6, 6.07) is 0. The zero-order chi connectivity index (χ0) is 13.5. The minimum atomic E-state index is 0.698. The van der Waals surface area contributed by atoms with Crippen LogP contribution in [0.25, 0.3) is 0 Å². The molecule has 18 heavy (non-hydrogen) atoms. The van der Waals surface area contributed by atoms with Gasteiger partial charge in [-0.15, -0.1) is 0 Å². The number of nitrogens with zero attached hydrogens (tertiary/aromatic N) is 1. The first-order valence-electron chi connectivity index (χ1n) is 7.43. The van der Waals surface area contributed by atoms with E-state index in [4.69, 9.17) is 15.2 Å². The van der Waals surface area contributed by atoms with Gasteiger partial charge in [-0.25, -0.2) is 0 Å². The smallest absolute Gasteiger partial charge is 0.0593 e. The Labute approximate surface area is 113 Å². The molecule has 0 saturated heterocycles. The quantitative estimate of drug-likeness (QED) is 0.484. The fraction of sp³-hybridized carbons (Fsp3) is 1.00. The van der Waals surface area contributed by atoms with E-state index in [0.29, 0.717) is 6.54 Å². The second-order valence-electron chi connectivity index (χ2n) is 4.56. The molecule has 0 aliphatic heterocycles. The van der Waals surface area contributed by atoms with Crippen LogP contribution in [0.3, 0.4) is 0 Å². The van der Waals surface area contributed by atoms with Gasteiger partial charge in [0.05, 0.1) is 13.2 Å². The van der Waals surface area contributed by atoms with E-state index in [0.717, 1.165) is 58.9 Å². The lowest BCUT2D eigenvalue weighted by Crippen LogP contribution is -2.35. The van der Waals surface area contributed by atoms with Crippen molar-refractivity contribution >= 4 is 0 Å². The number of hydrogen-bond acceptors (Lipinski definition) is 4. The highest BCUT2D eigenvalue weighted by atomic mass is 16.5. The largest absolute Gasteiger partial charge is 0.380 e. The lowest BCUT2D eigenvalue weighted by molar-refractivity contribution is 0.0740. The number of nitrogens with two attached hydrogens (primary N) is 1. The maximum absolute atomic E-state index is 5.61. The molecule has 0 radical (unpaired) electrons. The summed E-state index contributed by atoms with van der Waals surface area (Å²) in [6.45, 7) is 11.2. The Morgan fingerprint density at radius 1 is 0.778 bits per heavy atom. The number of ether oxygens (including phenoxy) is 2. The van der Waals surface area contributed by atoms with Crippen molar-refractivity contribution in [2.24, 2.45) is 5.73 Å². The van der Waals surface area contributed by atoms with Gasteiger partial charge in [0.1, 0.15) is 0 Å². The number of rotatable bonds is 14. The van der Waals surface area contributed by atoms with Crippen molar-refractivity contribution in [1.82, 2.24) is 4.90 Å². The van der Waals surface area contributed by atoms with Crippen molar-refractivity contribution in [3.05, 3.63) is 0 Å². The second-order valence-corrected chi connectivity index (χ2v) is 4.56. The van der Waals surface area contributed by atoms with Crippen molar-refractivity contribution in [3.63, 3.8) is 0 Å². The third kappa shape index (κ3) is 12.3. The molecule has 0 aromatic carbocycles.